The summed E-state index contributed by atoms with van der Waals surface area (Å²) in [6, 6.07) is 8.37. The summed E-state index contributed by atoms with van der Waals surface area (Å²) in [7, 11) is 0. The number of amides is 1. The number of rotatable bonds is 5. The smallest absolute Gasteiger partial charge is 0.283 e. The molecule has 22 heavy (non-hydrogen) atoms. The lowest BCUT2D eigenvalue weighted by atomic mass is 9.84. The van der Waals surface area contributed by atoms with Gasteiger partial charge in [-0.1, -0.05) is 50.3 Å². The Kier molecular flexibility index (Phi) is 6.68. The van der Waals surface area contributed by atoms with Gasteiger partial charge in [-0.2, -0.15) is 5.48 Å². The molecule has 0 spiro atoms. The van der Waals surface area contributed by atoms with Crippen molar-refractivity contribution >= 4 is 5.91 Å². The molecular formula is C17H26N2O3. The number of nitrogens with two attached hydrogens (primary N) is 1. The number of hydrogen-bond acceptors (Lipinski definition) is 4. The Morgan fingerprint density at radius 2 is 1.73 bits per heavy atom. The van der Waals surface area contributed by atoms with Gasteiger partial charge in [0, 0.05) is 6.04 Å². The zero-order valence-electron chi connectivity index (χ0n) is 12.9. The number of nitrogens with one attached hydrogen (secondary N) is 1. The molecule has 0 heterocycles. The molecule has 5 heteroatoms. The van der Waals surface area contributed by atoms with Crippen LogP contribution in [0.25, 0.3) is 0 Å². The molecule has 2 rings (SSSR count). The van der Waals surface area contributed by atoms with Gasteiger partial charge >= 0.3 is 0 Å². The van der Waals surface area contributed by atoms with Crippen molar-refractivity contribution in [2.45, 2.75) is 57.1 Å². The van der Waals surface area contributed by atoms with Gasteiger partial charge < -0.3 is 15.7 Å². The van der Waals surface area contributed by atoms with Gasteiger partial charge in [0.2, 0.25) is 0 Å². The van der Waals surface area contributed by atoms with E-state index in [1.165, 1.54) is 19.3 Å². The molecule has 0 aliphatic heterocycles. The van der Waals surface area contributed by atoms with Crippen LogP contribution in [-0.2, 0) is 4.79 Å². The molecule has 1 aliphatic carbocycles. The minimum absolute atomic E-state index is 0.192. The molecule has 0 saturated heterocycles. The number of aliphatic hydroxyl groups is 1. The predicted octanol–water partition coefficient (Wildman–Crippen LogP) is 2.15. The topological polar surface area (TPSA) is 84.6 Å². The van der Waals surface area contributed by atoms with Crippen molar-refractivity contribution in [1.29, 1.82) is 0 Å². The average molecular weight is 306 g/mol. The Hall–Kier alpha value is -1.59. The molecule has 4 N–H and O–H groups in total. The number of carbonyl (C=O) groups is 1. The summed E-state index contributed by atoms with van der Waals surface area (Å²) in [6.07, 6.45) is 6.64. The number of hydrogen-bond donors (Lipinski definition) is 3. The average Bonchev–Trinajstić information content (AvgIpc) is 2.52. The highest BCUT2D eigenvalue weighted by atomic mass is 16.7. The highest BCUT2D eigenvalue weighted by molar-refractivity contribution is 5.80. The highest BCUT2D eigenvalue weighted by Crippen LogP contribution is 2.25. The highest BCUT2D eigenvalue weighted by Gasteiger charge is 2.30. The van der Waals surface area contributed by atoms with E-state index in [2.05, 4.69) is 5.48 Å². The molecule has 1 aromatic carbocycles. The standard InChI is InChI=1S/C17H26N2O3/c18-15(13-9-5-2-1-3-6-10-13)16(20)17(21)19-22-14-11-7-4-8-12-14/h4,7-8,11-13,15-16,20H,1-3,5-6,9-10,18H2,(H,19,21)/t15-,16?/m1/s1. The minimum atomic E-state index is -1.24. The van der Waals surface area contributed by atoms with Crippen molar-refractivity contribution in [2.24, 2.45) is 11.7 Å². The number of para-hydroxylation sites is 1. The second-order valence-electron chi connectivity index (χ2n) is 6.01. The third-order valence-corrected chi connectivity index (χ3v) is 4.34. The van der Waals surface area contributed by atoms with Crippen LogP contribution in [0, 0.1) is 5.92 Å². The summed E-state index contributed by atoms with van der Waals surface area (Å²) in [5.74, 6) is 0.124. The Labute approximate surface area is 131 Å². The van der Waals surface area contributed by atoms with Gasteiger partial charge in [-0.25, -0.2) is 0 Å². The van der Waals surface area contributed by atoms with Crippen molar-refractivity contribution < 1.29 is 14.7 Å². The van der Waals surface area contributed by atoms with E-state index in [4.69, 9.17) is 10.6 Å². The molecule has 1 aliphatic rings. The normalized spacial score (nSPS) is 19.5. The van der Waals surface area contributed by atoms with Gasteiger partial charge in [-0.15, -0.1) is 0 Å². The summed E-state index contributed by atoms with van der Waals surface area (Å²) in [4.78, 5) is 17.1. The fourth-order valence-corrected chi connectivity index (χ4v) is 2.96. The second kappa shape index (κ2) is 8.76. The minimum Gasteiger partial charge on any atom is -0.381 e. The maximum absolute atomic E-state index is 12.0. The maximum Gasteiger partial charge on any atom is 0.283 e. The lowest BCUT2D eigenvalue weighted by Crippen LogP contribution is -2.50. The van der Waals surface area contributed by atoms with E-state index in [0.29, 0.717) is 5.75 Å². The van der Waals surface area contributed by atoms with Crippen molar-refractivity contribution in [2.75, 3.05) is 0 Å². The predicted molar refractivity (Wildman–Crippen MR) is 85.0 cm³/mol. The maximum atomic E-state index is 12.0. The van der Waals surface area contributed by atoms with E-state index in [9.17, 15) is 9.90 Å². The summed E-state index contributed by atoms with van der Waals surface area (Å²) < 4.78 is 0. The van der Waals surface area contributed by atoms with Crippen LogP contribution in [0.1, 0.15) is 44.9 Å². The third-order valence-electron chi connectivity index (χ3n) is 4.34. The Morgan fingerprint density at radius 1 is 1.14 bits per heavy atom. The zero-order valence-corrected chi connectivity index (χ0v) is 12.9. The number of carbonyl (C=O) groups excluding carboxylic acids is 1. The molecule has 1 unspecified atom stereocenters. The first kappa shape index (κ1) is 16.8. The fourth-order valence-electron chi connectivity index (χ4n) is 2.96. The quantitative estimate of drug-likeness (QED) is 0.728. The summed E-state index contributed by atoms with van der Waals surface area (Å²) >= 11 is 0. The van der Waals surface area contributed by atoms with Crippen LogP contribution in [-0.4, -0.2) is 23.2 Å². The molecule has 1 amide bonds. The Balaban J connectivity index is 1.82. The lowest BCUT2D eigenvalue weighted by Gasteiger charge is -2.28. The third kappa shape index (κ3) is 5.00. The number of aliphatic hydroxyl groups excluding tert-OH is 1. The first-order chi connectivity index (χ1) is 10.7. The molecule has 2 atom stereocenters. The van der Waals surface area contributed by atoms with Crippen LogP contribution in [0.2, 0.25) is 0 Å². The monoisotopic (exact) mass is 306 g/mol. The summed E-state index contributed by atoms with van der Waals surface area (Å²) in [5, 5.41) is 10.2. The largest absolute Gasteiger partial charge is 0.381 e. The molecule has 0 bridgehead atoms. The van der Waals surface area contributed by atoms with E-state index >= 15 is 0 Å². The van der Waals surface area contributed by atoms with Gasteiger partial charge in [0.1, 0.15) is 0 Å². The second-order valence-corrected chi connectivity index (χ2v) is 6.01. The lowest BCUT2D eigenvalue weighted by molar-refractivity contribution is -0.138. The molecule has 1 saturated carbocycles. The van der Waals surface area contributed by atoms with Gasteiger partial charge in [-0.3, -0.25) is 4.79 Å². The Morgan fingerprint density at radius 3 is 2.36 bits per heavy atom. The van der Waals surface area contributed by atoms with Gasteiger partial charge in [0.15, 0.2) is 11.9 Å². The molecule has 5 nitrogen and oxygen atoms in total. The van der Waals surface area contributed by atoms with E-state index in [0.717, 1.165) is 25.7 Å². The van der Waals surface area contributed by atoms with Gasteiger partial charge in [-0.05, 0) is 30.9 Å². The molecule has 0 aromatic heterocycles. The summed E-state index contributed by atoms with van der Waals surface area (Å²) in [5.41, 5.74) is 8.39. The molecule has 1 aromatic rings. The van der Waals surface area contributed by atoms with Crippen molar-refractivity contribution in [1.82, 2.24) is 5.48 Å². The van der Waals surface area contributed by atoms with E-state index in [-0.39, 0.29) is 5.92 Å². The van der Waals surface area contributed by atoms with Crippen LogP contribution in [0.3, 0.4) is 0 Å². The van der Waals surface area contributed by atoms with E-state index in [1.54, 1.807) is 24.3 Å². The zero-order chi connectivity index (χ0) is 15.8. The van der Waals surface area contributed by atoms with Crippen molar-refractivity contribution in [3.05, 3.63) is 30.3 Å². The van der Waals surface area contributed by atoms with E-state index in [1.807, 2.05) is 6.07 Å². The molecule has 0 radical (unpaired) electrons. The van der Waals surface area contributed by atoms with Crippen molar-refractivity contribution in [3.63, 3.8) is 0 Å². The number of hydroxylamine groups is 1. The van der Waals surface area contributed by atoms with Crippen LogP contribution in [0.15, 0.2) is 30.3 Å². The first-order valence-electron chi connectivity index (χ1n) is 8.14. The van der Waals surface area contributed by atoms with Gasteiger partial charge in [0.05, 0.1) is 0 Å². The SMILES string of the molecule is N[C@H](C1CCCCCCC1)C(O)C(=O)NOc1ccccc1. The van der Waals surface area contributed by atoms with Crippen LogP contribution >= 0.6 is 0 Å². The van der Waals surface area contributed by atoms with Crippen LogP contribution in [0.5, 0.6) is 5.75 Å². The molecule has 122 valence electrons. The van der Waals surface area contributed by atoms with Crippen LogP contribution in [0.4, 0.5) is 0 Å². The fraction of sp³-hybridized carbons (Fsp3) is 0.588. The van der Waals surface area contributed by atoms with Crippen molar-refractivity contribution in [3.8, 4) is 5.75 Å². The molecular weight excluding hydrogens is 280 g/mol. The summed E-state index contributed by atoms with van der Waals surface area (Å²) in [6.45, 7) is 0. The van der Waals surface area contributed by atoms with Gasteiger partial charge in [0.25, 0.3) is 5.91 Å². The molecule has 1 fully saturated rings. The van der Waals surface area contributed by atoms with Crippen LogP contribution < -0.4 is 16.1 Å². The van der Waals surface area contributed by atoms with E-state index < -0.39 is 18.1 Å². The first-order valence-corrected chi connectivity index (χ1v) is 8.14. The Bertz CT molecular complexity index is 444. The number of benzene rings is 1.